The summed E-state index contributed by atoms with van der Waals surface area (Å²) in [4.78, 5) is 25.2. The molecular weight excluding hydrogens is 370 g/mol. The van der Waals surface area contributed by atoms with Crippen LogP contribution in [0.1, 0.15) is 48.1 Å². The lowest BCUT2D eigenvalue weighted by Gasteiger charge is -2.24. The number of aromatic amines is 1. The fourth-order valence-electron chi connectivity index (χ4n) is 3.97. The summed E-state index contributed by atoms with van der Waals surface area (Å²) >= 11 is 1.70. The number of nitrogens with one attached hydrogen (secondary N) is 1. The highest BCUT2D eigenvalue weighted by atomic mass is 32.1. The van der Waals surface area contributed by atoms with E-state index in [4.69, 9.17) is 9.72 Å². The van der Waals surface area contributed by atoms with Gasteiger partial charge in [-0.1, -0.05) is 19.1 Å². The Kier molecular flexibility index (Phi) is 5.25. The molecule has 0 saturated heterocycles. The molecule has 1 N–H and O–H groups in total. The minimum Gasteiger partial charge on any atom is -0.497 e. The van der Waals surface area contributed by atoms with Crippen LogP contribution in [-0.4, -0.2) is 29.0 Å². The number of ether oxygens (including phenoxy) is 1. The van der Waals surface area contributed by atoms with E-state index in [0.29, 0.717) is 5.92 Å². The van der Waals surface area contributed by atoms with Crippen molar-refractivity contribution in [2.45, 2.75) is 45.7 Å². The molecule has 0 bridgehead atoms. The molecule has 1 aliphatic carbocycles. The first kappa shape index (κ1) is 19.2. The molecule has 0 aliphatic heterocycles. The molecule has 0 saturated carbocycles. The highest BCUT2D eigenvalue weighted by Crippen LogP contribution is 2.36. The Morgan fingerprint density at radius 1 is 1.43 bits per heavy atom. The maximum absolute atomic E-state index is 12.9. The van der Waals surface area contributed by atoms with Gasteiger partial charge in [-0.15, -0.1) is 11.3 Å². The number of nitrogens with zero attached hydrogens (tertiary/aromatic N) is 2. The second-order valence-electron chi connectivity index (χ2n) is 7.93. The van der Waals surface area contributed by atoms with E-state index in [0.717, 1.165) is 53.2 Å². The number of methoxy groups -OCH3 is 1. The van der Waals surface area contributed by atoms with Gasteiger partial charge in [0.25, 0.3) is 5.56 Å². The molecule has 2 atom stereocenters. The lowest BCUT2D eigenvalue weighted by atomic mass is 9.89. The summed E-state index contributed by atoms with van der Waals surface area (Å²) in [5.74, 6) is 2.27. The molecule has 0 amide bonds. The van der Waals surface area contributed by atoms with Crippen molar-refractivity contribution in [3.8, 4) is 5.75 Å². The normalized spacial score (nSPS) is 17.7. The van der Waals surface area contributed by atoms with Crippen LogP contribution in [0.5, 0.6) is 5.75 Å². The van der Waals surface area contributed by atoms with Crippen molar-refractivity contribution in [1.82, 2.24) is 14.9 Å². The van der Waals surface area contributed by atoms with Gasteiger partial charge in [-0.25, -0.2) is 4.98 Å². The maximum atomic E-state index is 12.9. The summed E-state index contributed by atoms with van der Waals surface area (Å²) in [6, 6.07) is 8.06. The number of aromatic nitrogens is 2. The van der Waals surface area contributed by atoms with Gasteiger partial charge in [-0.3, -0.25) is 9.69 Å². The van der Waals surface area contributed by atoms with Crippen LogP contribution < -0.4 is 10.3 Å². The monoisotopic (exact) mass is 397 g/mol. The van der Waals surface area contributed by atoms with Gasteiger partial charge in [-0.2, -0.15) is 0 Å². The number of hydrogen-bond donors (Lipinski definition) is 1. The second kappa shape index (κ2) is 7.68. The van der Waals surface area contributed by atoms with E-state index in [1.807, 2.05) is 18.2 Å². The Balaban J connectivity index is 1.62. The predicted octanol–water partition coefficient (Wildman–Crippen LogP) is 4.31. The summed E-state index contributed by atoms with van der Waals surface area (Å²) in [6.07, 6.45) is 3.21. The van der Waals surface area contributed by atoms with Crippen molar-refractivity contribution in [1.29, 1.82) is 0 Å². The molecule has 2 aromatic heterocycles. The molecule has 6 heteroatoms. The number of hydrogen-bond acceptors (Lipinski definition) is 5. The average molecular weight is 398 g/mol. The Morgan fingerprint density at radius 2 is 2.25 bits per heavy atom. The zero-order valence-electron chi connectivity index (χ0n) is 16.9. The van der Waals surface area contributed by atoms with Gasteiger partial charge < -0.3 is 9.72 Å². The standard InChI is InChI=1S/C22H27N3O2S/c1-13-8-9-17-18(10-13)28-22-19(17)21(26)23-20(24-22)14(2)25(3)12-15-6-5-7-16(11-15)27-4/h5-7,11,13-14H,8-10,12H2,1-4H3,(H,23,24,26)/t13-,14+/m1/s1. The van der Waals surface area contributed by atoms with Gasteiger partial charge in [-0.05, 0) is 62.4 Å². The summed E-state index contributed by atoms with van der Waals surface area (Å²) in [5.41, 5.74) is 2.40. The first-order valence-corrected chi connectivity index (χ1v) is 10.7. The molecule has 4 rings (SSSR count). The quantitative estimate of drug-likeness (QED) is 0.697. The Hall–Kier alpha value is -2.18. The smallest absolute Gasteiger partial charge is 0.259 e. The van der Waals surface area contributed by atoms with Crippen LogP contribution in [-0.2, 0) is 19.4 Å². The first-order chi connectivity index (χ1) is 13.5. The van der Waals surface area contributed by atoms with E-state index >= 15 is 0 Å². The van der Waals surface area contributed by atoms with Crippen LogP contribution in [0.15, 0.2) is 29.1 Å². The summed E-state index contributed by atoms with van der Waals surface area (Å²) in [5, 5.41) is 0.818. The lowest BCUT2D eigenvalue weighted by Crippen LogP contribution is -2.26. The Morgan fingerprint density at radius 3 is 3.04 bits per heavy atom. The molecule has 1 aliphatic rings. The molecule has 3 aromatic rings. The predicted molar refractivity (Wildman–Crippen MR) is 114 cm³/mol. The van der Waals surface area contributed by atoms with Crippen molar-refractivity contribution in [3.63, 3.8) is 0 Å². The molecule has 0 fully saturated rings. The molecule has 28 heavy (non-hydrogen) atoms. The molecule has 1 aromatic carbocycles. The molecule has 0 unspecified atom stereocenters. The van der Waals surface area contributed by atoms with Crippen LogP contribution in [0.4, 0.5) is 0 Å². The minimum atomic E-state index is 0.00125. The number of benzene rings is 1. The Labute approximate surface area is 169 Å². The van der Waals surface area contributed by atoms with Crippen molar-refractivity contribution in [3.05, 3.63) is 56.4 Å². The largest absolute Gasteiger partial charge is 0.497 e. The van der Waals surface area contributed by atoms with Crippen molar-refractivity contribution in [2.24, 2.45) is 5.92 Å². The van der Waals surface area contributed by atoms with Crippen molar-refractivity contribution >= 4 is 21.6 Å². The third kappa shape index (κ3) is 3.59. The minimum absolute atomic E-state index is 0.00125. The lowest BCUT2D eigenvalue weighted by molar-refractivity contribution is 0.243. The highest BCUT2D eigenvalue weighted by Gasteiger charge is 2.24. The van der Waals surface area contributed by atoms with E-state index in [-0.39, 0.29) is 11.6 Å². The zero-order valence-corrected chi connectivity index (χ0v) is 17.7. The van der Waals surface area contributed by atoms with E-state index in [2.05, 4.69) is 36.8 Å². The third-order valence-electron chi connectivity index (χ3n) is 5.81. The van der Waals surface area contributed by atoms with Gasteiger partial charge in [0.1, 0.15) is 16.4 Å². The SMILES string of the molecule is COc1cccc(CN(C)[C@@H](C)c2nc3sc4c(c3c(=O)[nH]2)CC[C@@H](C)C4)c1. The fourth-order valence-corrected chi connectivity index (χ4v) is 5.36. The first-order valence-electron chi connectivity index (χ1n) is 9.84. The Bertz CT molecular complexity index is 1060. The van der Waals surface area contributed by atoms with E-state index in [1.54, 1.807) is 18.4 Å². The summed E-state index contributed by atoms with van der Waals surface area (Å²) in [7, 11) is 3.73. The molecule has 0 radical (unpaired) electrons. The van der Waals surface area contributed by atoms with Gasteiger partial charge >= 0.3 is 0 Å². The van der Waals surface area contributed by atoms with Crippen molar-refractivity contribution in [2.75, 3.05) is 14.2 Å². The van der Waals surface area contributed by atoms with Gasteiger partial charge in [0.05, 0.1) is 18.5 Å². The van der Waals surface area contributed by atoms with Crippen LogP contribution in [0.3, 0.4) is 0 Å². The molecule has 2 heterocycles. The number of fused-ring (bicyclic) bond motifs is 3. The molecule has 5 nitrogen and oxygen atoms in total. The van der Waals surface area contributed by atoms with Crippen LogP contribution in [0.25, 0.3) is 10.2 Å². The molecular formula is C22H27N3O2S. The van der Waals surface area contributed by atoms with E-state index < -0.39 is 0 Å². The zero-order chi connectivity index (χ0) is 19.8. The summed E-state index contributed by atoms with van der Waals surface area (Å²) in [6.45, 7) is 5.12. The third-order valence-corrected chi connectivity index (χ3v) is 6.95. The van der Waals surface area contributed by atoms with E-state index in [9.17, 15) is 4.79 Å². The topological polar surface area (TPSA) is 58.2 Å². The van der Waals surface area contributed by atoms with Crippen LogP contribution in [0, 0.1) is 5.92 Å². The van der Waals surface area contributed by atoms with Gasteiger partial charge in [0, 0.05) is 11.4 Å². The van der Waals surface area contributed by atoms with Gasteiger partial charge in [0.15, 0.2) is 0 Å². The van der Waals surface area contributed by atoms with Crippen molar-refractivity contribution < 1.29 is 4.74 Å². The van der Waals surface area contributed by atoms with Crippen LogP contribution in [0.2, 0.25) is 0 Å². The van der Waals surface area contributed by atoms with E-state index in [1.165, 1.54) is 10.4 Å². The fraction of sp³-hybridized carbons (Fsp3) is 0.455. The average Bonchev–Trinajstić information content (AvgIpc) is 3.05. The maximum Gasteiger partial charge on any atom is 0.259 e. The molecule has 148 valence electrons. The number of aryl methyl sites for hydroxylation is 1. The highest BCUT2D eigenvalue weighted by molar-refractivity contribution is 7.18. The number of H-pyrrole nitrogens is 1. The number of thiophene rings is 1. The number of rotatable bonds is 5. The van der Waals surface area contributed by atoms with Crippen LogP contribution >= 0.6 is 11.3 Å². The summed E-state index contributed by atoms with van der Waals surface area (Å²) < 4.78 is 5.32. The van der Waals surface area contributed by atoms with Gasteiger partial charge in [0.2, 0.25) is 0 Å². The second-order valence-corrected chi connectivity index (χ2v) is 9.01. The molecule has 0 spiro atoms.